The van der Waals surface area contributed by atoms with Crippen molar-refractivity contribution in [2.24, 2.45) is 5.92 Å². The number of ether oxygens (including phenoxy) is 2. The second-order valence-corrected chi connectivity index (χ2v) is 6.48. The molecule has 0 bridgehead atoms. The average molecular weight is 310 g/mol. The van der Waals surface area contributed by atoms with Crippen molar-refractivity contribution in [3.05, 3.63) is 16.6 Å². The zero-order valence-electron chi connectivity index (χ0n) is 12.4. The second-order valence-electron chi connectivity index (χ2n) is 5.76. The van der Waals surface area contributed by atoms with E-state index in [0.29, 0.717) is 31.3 Å². The second kappa shape index (κ2) is 6.42. The van der Waals surface area contributed by atoms with Crippen LogP contribution in [0.4, 0.5) is 0 Å². The number of hydrogen-bond acceptors (Lipinski definition) is 5. The van der Waals surface area contributed by atoms with Gasteiger partial charge in [0.15, 0.2) is 0 Å². The van der Waals surface area contributed by atoms with Crippen molar-refractivity contribution in [1.82, 2.24) is 9.88 Å². The minimum absolute atomic E-state index is 0.0287. The van der Waals surface area contributed by atoms with Crippen LogP contribution < -0.4 is 0 Å². The Morgan fingerprint density at radius 1 is 1.67 bits per heavy atom. The highest BCUT2D eigenvalue weighted by Gasteiger charge is 2.48. The zero-order valence-corrected chi connectivity index (χ0v) is 13.2. The molecule has 1 saturated carbocycles. The minimum atomic E-state index is -0.209. The van der Waals surface area contributed by atoms with Crippen LogP contribution in [0, 0.1) is 5.92 Å². The van der Waals surface area contributed by atoms with Crippen LogP contribution in [0.3, 0.4) is 0 Å². The van der Waals surface area contributed by atoms with Gasteiger partial charge in [-0.3, -0.25) is 4.79 Å². The molecule has 2 atom stereocenters. The SMILES string of the molecule is CCOC[C@H]1CCC[C@]12CN(C(=O)c1cscn1)CCO2. The molecule has 1 aliphatic carbocycles. The Morgan fingerprint density at radius 3 is 3.33 bits per heavy atom. The summed E-state index contributed by atoms with van der Waals surface area (Å²) in [6.45, 7) is 5.41. The summed E-state index contributed by atoms with van der Waals surface area (Å²) in [5.74, 6) is 0.421. The predicted molar refractivity (Wildman–Crippen MR) is 80.5 cm³/mol. The van der Waals surface area contributed by atoms with Crippen LogP contribution in [0.1, 0.15) is 36.7 Å². The number of carbonyl (C=O) groups is 1. The molecule has 2 aliphatic rings. The Balaban J connectivity index is 1.71. The number of morpholine rings is 1. The van der Waals surface area contributed by atoms with Gasteiger partial charge in [0.1, 0.15) is 5.69 Å². The van der Waals surface area contributed by atoms with Crippen molar-refractivity contribution < 1.29 is 14.3 Å². The van der Waals surface area contributed by atoms with E-state index >= 15 is 0 Å². The van der Waals surface area contributed by atoms with Gasteiger partial charge in [0.05, 0.1) is 30.9 Å². The fourth-order valence-electron chi connectivity index (χ4n) is 3.47. The van der Waals surface area contributed by atoms with Crippen LogP contribution in [0.25, 0.3) is 0 Å². The van der Waals surface area contributed by atoms with Gasteiger partial charge in [0, 0.05) is 24.4 Å². The first-order valence-electron chi connectivity index (χ1n) is 7.64. The molecule has 3 rings (SSSR count). The fraction of sp³-hybridized carbons (Fsp3) is 0.733. The van der Waals surface area contributed by atoms with Gasteiger partial charge in [-0.15, -0.1) is 11.3 Å². The molecule has 2 fully saturated rings. The molecule has 1 saturated heterocycles. The Morgan fingerprint density at radius 2 is 2.57 bits per heavy atom. The molecule has 0 N–H and O–H groups in total. The van der Waals surface area contributed by atoms with Gasteiger partial charge in [-0.25, -0.2) is 4.98 Å². The quantitative estimate of drug-likeness (QED) is 0.855. The molecule has 1 amide bonds. The van der Waals surface area contributed by atoms with Crippen molar-refractivity contribution in [3.63, 3.8) is 0 Å². The largest absolute Gasteiger partial charge is 0.381 e. The van der Waals surface area contributed by atoms with Gasteiger partial charge in [-0.1, -0.05) is 6.42 Å². The topological polar surface area (TPSA) is 51.7 Å². The van der Waals surface area contributed by atoms with Crippen LogP contribution in [0.2, 0.25) is 0 Å². The summed E-state index contributed by atoms with van der Waals surface area (Å²) in [4.78, 5) is 18.5. The number of hydrogen-bond donors (Lipinski definition) is 0. The molecule has 2 heterocycles. The molecule has 5 nitrogen and oxygen atoms in total. The standard InChI is InChI=1S/C15H22N2O3S/c1-2-19-8-12-4-3-5-15(12)10-17(6-7-20-15)14(18)13-9-21-11-16-13/h9,11-12H,2-8,10H2,1H3/t12-,15+/m1/s1. The van der Waals surface area contributed by atoms with Crippen LogP contribution >= 0.6 is 11.3 Å². The molecule has 1 spiro atoms. The molecule has 6 heteroatoms. The number of nitrogens with zero attached hydrogens (tertiary/aromatic N) is 2. The van der Waals surface area contributed by atoms with Crippen LogP contribution in [-0.4, -0.2) is 54.3 Å². The van der Waals surface area contributed by atoms with Gasteiger partial charge >= 0.3 is 0 Å². The molecular weight excluding hydrogens is 288 g/mol. The predicted octanol–water partition coefficient (Wildman–Crippen LogP) is 2.19. The highest BCUT2D eigenvalue weighted by atomic mass is 32.1. The summed E-state index contributed by atoms with van der Waals surface area (Å²) >= 11 is 1.46. The Bertz CT molecular complexity index is 479. The summed E-state index contributed by atoms with van der Waals surface area (Å²) < 4.78 is 11.8. The Labute approximate surface area is 129 Å². The highest BCUT2D eigenvalue weighted by molar-refractivity contribution is 7.07. The molecule has 1 aromatic rings. The van der Waals surface area contributed by atoms with E-state index in [-0.39, 0.29) is 11.5 Å². The lowest BCUT2D eigenvalue weighted by Crippen LogP contribution is -2.56. The molecule has 0 aromatic carbocycles. The molecule has 0 radical (unpaired) electrons. The summed E-state index contributed by atoms with van der Waals surface area (Å²) in [5.41, 5.74) is 2.05. The van der Waals surface area contributed by atoms with E-state index < -0.39 is 0 Å². The van der Waals surface area contributed by atoms with E-state index in [9.17, 15) is 4.79 Å². The summed E-state index contributed by atoms with van der Waals surface area (Å²) in [5, 5.41) is 1.82. The molecule has 1 aromatic heterocycles. The smallest absolute Gasteiger partial charge is 0.273 e. The van der Waals surface area contributed by atoms with Gasteiger partial charge in [0.25, 0.3) is 5.91 Å². The van der Waals surface area contributed by atoms with Gasteiger partial charge in [-0.2, -0.15) is 0 Å². The highest BCUT2D eigenvalue weighted by Crippen LogP contribution is 2.41. The number of rotatable bonds is 4. The monoisotopic (exact) mass is 310 g/mol. The van der Waals surface area contributed by atoms with Crippen LogP contribution in [0.15, 0.2) is 10.9 Å². The van der Waals surface area contributed by atoms with Gasteiger partial charge < -0.3 is 14.4 Å². The van der Waals surface area contributed by atoms with E-state index in [1.54, 1.807) is 5.51 Å². The molecule has 21 heavy (non-hydrogen) atoms. The molecule has 1 aliphatic heterocycles. The lowest BCUT2D eigenvalue weighted by atomic mass is 9.89. The zero-order chi connectivity index (χ0) is 14.7. The minimum Gasteiger partial charge on any atom is -0.381 e. The number of amides is 1. The summed E-state index contributed by atoms with van der Waals surface area (Å²) in [6.07, 6.45) is 3.29. The van der Waals surface area contributed by atoms with Crippen molar-refractivity contribution in [1.29, 1.82) is 0 Å². The first-order chi connectivity index (χ1) is 10.2. The van der Waals surface area contributed by atoms with E-state index in [4.69, 9.17) is 9.47 Å². The molecule has 0 unspecified atom stereocenters. The van der Waals surface area contributed by atoms with Crippen molar-refractivity contribution in [2.45, 2.75) is 31.8 Å². The van der Waals surface area contributed by atoms with Crippen LogP contribution in [-0.2, 0) is 9.47 Å². The third kappa shape index (κ3) is 2.98. The number of aromatic nitrogens is 1. The molecule has 116 valence electrons. The van der Waals surface area contributed by atoms with Crippen molar-refractivity contribution >= 4 is 17.2 Å². The third-order valence-electron chi connectivity index (χ3n) is 4.57. The van der Waals surface area contributed by atoms with E-state index in [2.05, 4.69) is 4.98 Å². The maximum atomic E-state index is 12.5. The fourth-order valence-corrected chi connectivity index (χ4v) is 3.99. The first-order valence-corrected chi connectivity index (χ1v) is 8.58. The van der Waals surface area contributed by atoms with E-state index in [1.807, 2.05) is 17.2 Å². The van der Waals surface area contributed by atoms with Gasteiger partial charge in [0.2, 0.25) is 0 Å². The maximum absolute atomic E-state index is 12.5. The Hall–Kier alpha value is -0.980. The summed E-state index contributed by atoms with van der Waals surface area (Å²) in [6, 6.07) is 0. The lowest BCUT2D eigenvalue weighted by molar-refractivity contribution is -0.132. The molecular formula is C15H22N2O3S. The van der Waals surface area contributed by atoms with Gasteiger partial charge in [-0.05, 0) is 19.8 Å². The van der Waals surface area contributed by atoms with Crippen LogP contribution in [0.5, 0.6) is 0 Å². The van der Waals surface area contributed by atoms with E-state index in [0.717, 1.165) is 32.5 Å². The maximum Gasteiger partial charge on any atom is 0.273 e. The number of carbonyl (C=O) groups excluding carboxylic acids is 1. The lowest BCUT2D eigenvalue weighted by Gasteiger charge is -2.43. The normalized spacial score (nSPS) is 29.2. The van der Waals surface area contributed by atoms with Crippen molar-refractivity contribution in [2.75, 3.05) is 32.9 Å². The van der Waals surface area contributed by atoms with Crippen molar-refractivity contribution in [3.8, 4) is 0 Å². The first kappa shape index (κ1) is 14.9. The third-order valence-corrected chi connectivity index (χ3v) is 5.15. The number of thiazole rings is 1. The summed E-state index contributed by atoms with van der Waals surface area (Å²) in [7, 11) is 0. The van der Waals surface area contributed by atoms with E-state index in [1.165, 1.54) is 11.3 Å². The Kier molecular flexibility index (Phi) is 4.57. The average Bonchev–Trinajstić information content (AvgIpc) is 3.15.